The van der Waals surface area contributed by atoms with Crippen LogP contribution in [0.1, 0.15) is 5.69 Å². The summed E-state index contributed by atoms with van der Waals surface area (Å²) >= 11 is 5.90. The van der Waals surface area contributed by atoms with Gasteiger partial charge in [-0.25, -0.2) is 4.98 Å². The fraction of sp³-hybridized carbons (Fsp3) is 0. The molecule has 2 aromatic rings. The Hall–Kier alpha value is -2.45. The number of aromatic nitrogens is 2. The minimum absolute atomic E-state index is 0.202. The molecule has 1 radical (unpaired) electrons. The Morgan fingerprint density at radius 1 is 1.26 bits per heavy atom. The zero-order chi connectivity index (χ0) is 13.8. The second-order valence-corrected chi connectivity index (χ2v) is 3.94. The van der Waals surface area contributed by atoms with Crippen LogP contribution >= 0.6 is 11.6 Å². The molecule has 0 atom stereocenters. The summed E-state index contributed by atoms with van der Waals surface area (Å²) in [6.07, 6.45) is 1.31. The Morgan fingerprint density at radius 3 is 2.74 bits per heavy atom. The van der Waals surface area contributed by atoms with Crippen LogP contribution < -0.4 is 16.2 Å². The van der Waals surface area contributed by atoms with Crippen LogP contribution in [0.4, 0.5) is 11.4 Å². The summed E-state index contributed by atoms with van der Waals surface area (Å²) in [6.45, 7) is 3.41. The molecule has 1 aromatic carbocycles. The van der Waals surface area contributed by atoms with Gasteiger partial charge in [-0.1, -0.05) is 17.5 Å². The highest BCUT2D eigenvalue weighted by Crippen LogP contribution is 2.30. The van der Waals surface area contributed by atoms with Gasteiger partial charge in [-0.05, 0) is 18.1 Å². The van der Waals surface area contributed by atoms with Gasteiger partial charge in [0, 0.05) is 13.0 Å². The van der Waals surface area contributed by atoms with Crippen LogP contribution in [0.15, 0.2) is 24.5 Å². The maximum absolute atomic E-state index is 5.90. The smallest absolute Gasteiger partial charge is 0.247 e. The molecular weight excluding hydrogens is 264 g/mol. The highest BCUT2D eigenvalue weighted by Gasteiger charge is 2.09. The molecule has 0 spiro atoms. The van der Waals surface area contributed by atoms with Gasteiger partial charge in [-0.3, -0.25) is 0 Å². The van der Waals surface area contributed by atoms with Crippen LogP contribution in [0.2, 0.25) is 5.02 Å². The Bertz CT molecular complexity index is 676. The third-order valence-electron chi connectivity index (χ3n) is 2.24. The van der Waals surface area contributed by atoms with E-state index < -0.39 is 0 Å². The monoisotopic (exact) mass is 273 g/mol. The first kappa shape index (κ1) is 13.0. The highest BCUT2D eigenvalue weighted by atomic mass is 35.5. The van der Waals surface area contributed by atoms with E-state index in [-0.39, 0.29) is 11.6 Å². The van der Waals surface area contributed by atoms with Gasteiger partial charge in [-0.15, -0.1) is 0 Å². The second kappa shape index (κ2) is 5.46. The van der Waals surface area contributed by atoms with Crippen molar-refractivity contribution in [1.82, 2.24) is 9.97 Å². The van der Waals surface area contributed by atoms with Gasteiger partial charge in [0.2, 0.25) is 5.88 Å². The number of hydrogen-bond donors (Lipinski definition) is 2. The summed E-state index contributed by atoms with van der Waals surface area (Å²) in [4.78, 5) is 7.87. The number of rotatable bonds is 2. The Kier molecular flexibility index (Phi) is 3.74. The molecule has 19 heavy (non-hydrogen) atoms. The predicted octanol–water partition coefficient (Wildman–Crippen LogP) is 2.27. The van der Waals surface area contributed by atoms with Crippen molar-refractivity contribution < 1.29 is 4.74 Å². The zero-order valence-electron chi connectivity index (χ0n) is 9.85. The first-order valence-corrected chi connectivity index (χ1v) is 5.61. The van der Waals surface area contributed by atoms with E-state index in [1.165, 1.54) is 6.33 Å². The minimum Gasteiger partial charge on any atom is -0.437 e. The zero-order valence-corrected chi connectivity index (χ0v) is 10.6. The highest BCUT2D eigenvalue weighted by molar-refractivity contribution is 6.33. The molecule has 0 fully saturated rings. The van der Waals surface area contributed by atoms with E-state index >= 15 is 0 Å². The molecule has 0 saturated carbocycles. The van der Waals surface area contributed by atoms with Gasteiger partial charge in [-0.2, -0.15) is 4.98 Å². The van der Waals surface area contributed by atoms with E-state index in [0.717, 1.165) is 0 Å². The maximum atomic E-state index is 5.90. The van der Waals surface area contributed by atoms with Crippen LogP contribution in [0.25, 0.3) is 0 Å². The van der Waals surface area contributed by atoms with Crippen molar-refractivity contribution in [2.45, 2.75) is 0 Å². The van der Waals surface area contributed by atoms with Gasteiger partial charge in [0.25, 0.3) is 0 Å². The summed E-state index contributed by atoms with van der Waals surface area (Å²) in [5.74, 6) is 5.80. The summed E-state index contributed by atoms with van der Waals surface area (Å²) in [5.41, 5.74) is 12.5. The largest absolute Gasteiger partial charge is 0.437 e. The Morgan fingerprint density at radius 2 is 2.05 bits per heavy atom. The molecule has 6 heteroatoms. The number of nitrogens with two attached hydrogens (primary N) is 2. The van der Waals surface area contributed by atoms with Gasteiger partial charge in [0.1, 0.15) is 23.5 Å². The summed E-state index contributed by atoms with van der Waals surface area (Å²) < 4.78 is 5.53. The summed E-state index contributed by atoms with van der Waals surface area (Å²) in [7, 11) is 0. The van der Waals surface area contributed by atoms with E-state index in [9.17, 15) is 0 Å². The molecule has 0 bridgehead atoms. The molecule has 1 aromatic heterocycles. The van der Waals surface area contributed by atoms with Crippen LogP contribution in [0.5, 0.6) is 11.6 Å². The number of nitrogen functional groups attached to an aromatic ring is 2. The molecule has 0 saturated heterocycles. The Balaban J connectivity index is 2.34. The van der Waals surface area contributed by atoms with Crippen LogP contribution in [0, 0.1) is 18.8 Å². The second-order valence-electron chi connectivity index (χ2n) is 3.53. The number of nitrogens with zero attached hydrogens (tertiary/aromatic N) is 2. The van der Waals surface area contributed by atoms with Gasteiger partial charge >= 0.3 is 0 Å². The average molecular weight is 274 g/mol. The van der Waals surface area contributed by atoms with Crippen LogP contribution in [-0.4, -0.2) is 9.97 Å². The maximum Gasteiger partial charge on any atom is 0.247 e. The fourth-order valence-corrected chi connectivity index (χ4v) is 1.50. The van der Waals surface area contributed by atoms with Crippen molar-refractivity contribution in [2.75, 3.05) is 11.5 Å². The van der Waals surface area contributed by atoms with E-state index in [2.05, 4.69) is 28.7 Å². The van der Waals surface area contributed by atoms with Crippen LogP contribution in [0.3, 0.4) is 0 Å². The van der Waals surface area contributed by atoms with E-state index in [4.69, 9.17) is 27.8 Å². The lowest BCUT2D eigenvalue weighted by atomic mass is 10.3. The third-order valence-corrected chi connectivity index (χ3v) is 2.57. The average Bonchev–Trinajstić information content (AvgIpc) is 2.39. The lowest BCUT2D eigenvalue weighted by Crippen LogP contribution is -2.00. The van der Waals surface area contributed by atoms with Crippen molar-refractivity contribution in [2.24, 2.45) is 0 Å². The first-order valence-electron chi connectivity index (χ1n) is 5.23. The standard InChI is InChI=1S/C13H10ClN4O/c1-2-3-11-12(16)13(18-7-17-11)19-8-4-5-10(15)9(14)6-8/h4-7H,1,15-16H2. The molecule has 1 heterocycles. The molecule has 0 aliphatic carbocycles. The van der Waals surface area contributed by atoms with Crippen molar-refractivity contribution in [3.63, 3.8) is 0 Å². The van der Waals surface area contributed by atoms with Crippen molar-refractivity contribution in [3.8, 4) is 23.5 Å². The molecule has 0 amide bonds. The summed E-state index contributed by atoms with van der Waals surface area (Å²) in [5, 5.41) is 0.392. The van der Waals surface area contributed by atoms with Gasteiger partial charge in [0.15, 0.2) is 0 Å². The molecule has 0 aliphatic rings. The predicted molar refractivity (Wildman–Crippen MR) is 74.6 cm³/mol. The molecule has 95 valence electrons. The number of hydrogen-bond acceptors (Lipinski definition) is 5. The van der Waals surface area contributed by atoms with Crippen LogP contribution in [-0.2, 0) is 0 Å². The molecule has 2 rings (SSSR count). The molecule has 4 N–H and O–H groups in total. The third kappa shape index (κ3) is 2.87. The lowest BCUT2D eigenvalue weighted by Gasteiger charge is -2.08. The topological polar surface area (TPSA) is 87.0 Å². The fourth-order valence-electron chi connectivity index (χ4n) is 1.33. The molecular formula is C13H10ClN4O. The van der Waals surface area contributed by atoms with Gasteiger partial charge < -0.3 is 16.2 Å². The number of benzene rings is 1. The van der Waals surface area contributed by atoms with E-state index in [0.29, 0.717) is 22.2 Å². The first-order chi connectivity index (χ1) is 9.11. The Labute approximate surface area is 115 Å². The number of ether oxygens (including phenoxy) is 1. The van der Waals surface area contributed by atoms with Crippen molar-refractivity contribution in [1.29, 1.82) is 0 Å². The lowest BCUT2D eigenvalue weighted by molar-refractivity contribution is 0.464. The molecule has 0 aliphatic heterocycles. The minimum atomic E-state index is 0.202. The molecule has 0 unspecified atom stereocenters. The van der Waals surface area contributed by atoms with E-state index in [1.54, 1.807) is 18.2 Å². The van der Waals surface area contributed by atoms with Crippen molar-refractivity contribution in [3.05, 3.63) is 42.2 Å². The quantitative estimate of drug-likeness (QED) is 0.647. The normalized spacial score (nSPS) is 9.58. The SMILES string of the molecule is [CH2]C#Cc1ncnc(Oc2ccc(N)c(Cl)c2)c1N. The summed E-state index contributed by atoms with van der Waals surface area (Å²) in [6, 6.07) is 4.87. The van der Waals surface area contributed by atoms with Crippen molar-refractivity contribution >= 4 is 23.0 Å². The number of halogens is 1. The van der Waals surface area contributed by atoms with E-state index in [1.807, 2.05) is 0 Å². The van der Waals surface area contributed by atoms with Gasteiger partial charge in [0.05, 0.1) is 10.7 Å². The molecule has 5 nitrogen and oxygen atoms in total. The number of anilines is 2.